The van der Waals surface area contributed by atoms with Crippen LogP contribution in [0.5, 0.6) is 11.5 Å². The van der Waals surface area contributed by atoms with Crippen LogP contribution in [-0.2, 0) is 10.8 Å². The fraction of sp³-hybridized carbons (Fsp3) is 0.0312. The van der Waals surface area contributed by atoms with E-state index in [0.29, 0.717) is 0 Å². The van der Waals surface area contributed by atoms with Gasteiger partial charge in [-0.3, -0.25) is 0 Å². The first kappa shape index (κ1) is 35.2. The van der Waals surface area contributed by atoms with Crippen molar-refractivity contribution >= 4 is 21.5 Å². The van der Waals surface area contributed by atoms with Gasteiger partial charge in [-0.2, -0.15) is 0 Å². The average Bonchev–Trinajstić information content (AvgIpc) is 3.96. The van der Waals surface area contributed by atoms with E-state index >= 15 is 0 Å². The lowest BCUT2D eigenvalue weighted by atomic mass is 9.64. The second-order valence-electron chi connectivity index (χ2n) is 18.2. The van der Waals surface area contributed by atoms with Gasteiger partial charge in [-0.15, -0.1) is 0 Å². The van der Waals surface area contributed by atoms with Crippen molar-refractivity contribution in [2.24, 2.45) is 0 Å². The molecule has 15 rings (SSSR count). The third-order valence-electron chi connectivity index (χ3n) is 15.4. The van der Waals surface area contributed by atoms with Gasteiger partial charge in [-0.1, -0.05) is 206 Å². The molecule has 0 aromatic heterocycles. The van der Waals surface area contributed by atoms with E-state index in [1.807, 2.05) is 0 Å². The maximum atomic E-state index is 7.00. The smallest absolute Gasteiger partial charge is 0.132 e. The molecule has 0 atom stereocenters. The fourth-order valence-corrected chi connectivity index (χ4v) is 12.9. The van der Waals surface area contributed by atoms with Crippen LogP contribution in [0.25, 0.3) is 77.2 Å². The van der Waals surface area contributed by atoms with Gasteiger partial charge >= 0.3 is 0 Å². The van der Waals surface area contributed by atoms with Gasteiger partial charge in [0.2, 0.25) is 0 Å². The van der Waals surface area contributed by atoms with E-state index in [0.717, 1.165) is 11.5 Å². The van der Waals surface area contributed by atoms with Gasteiger partial charge in [0.05, 0.1) is 10.8 Å². The van der Waals surface area contributed by atoms with Crippen LogP contribution in [-0.4, -0.2) is 0 Å². The SMILES string of the molecule is c1ccc2c(c1)-c1ccccc1C21c2ccccc2-c2ccc(-c3ccc(-c4ccc5c(c4)C4(c6ccccc6-c6ccccc64)c4c(ccc6ccccc46)O5)c4ccccc34)cc21. The van der Waals surface area contributed by atoms with Gasteiger partial charge in [0.15, 0.2) is 0 Å². The molecule has 0 bridgehead atoms. The molecule has 1 nitrogen and oxygen atoms in total. The molecule has 300 valence electrons. The molecule has 0 saturated carbocycles. The van der Waals surface area contributed by atoms with Crippen LogP contribution in [0.1, 0.15) is 44.5 Å². The van der Waals surface area contributed by atoms with Crippen molar-refractivity contribution in [2.75, 3.05) is 0 Å². The van der Waals surface area contributed by atoms with Crippen LogP contribution in [0, 0.1) is 0 Å². The summed E-state index contributed by atoms with van der Waals surface area (Å²) in [6.07, 6.45) is 0. The third kappa shape index (κ3) is 4.33. The molecular formula is C64H38O. The van der Waals surface area contributed by atoms with E-state index in [1.54, 1.807) is 0 Å². The minimum Gasteiger partial charge on any atom is -0.457 e. The largest absolute Gasteiger partial charge is 0.457 e. The molecule has 0 saturated heterocycles. The van der Waals surface area contributed by atoms with Crippen molar-refractivity contribution in [1.82, 2.24) is 0 Å². The minimum atomic E-state index is -0.585. The zero-order valence-corrected chi connectivity index (χ0v) is 35.3. The van der Waals surface area contributed by atoms with Gasteiger partial charge < -0.3 is 4.74 Å². The first-order valence-electron chi connectivity index (χ1n) is 22.7. The van der Waals surface area contributed by atoms with E-state index in [1.165, 1.54) is 122 Å². The Bertz CT molecular complexity index is 3780. The Morgan fingerprint density at radius 3 is 1.17 bits per heavy atom. The molecule has 1 heteroatoms. The maximum Gasteiger partial charge on any atom is 0.132 e. The summed E-state index contributed by atoms with van der Waals surface area (Å²) in [6.45, 7) is 0. The molecule has 0 radical (unpaired) electrons. The number of benzene rings is 11. The van der Waals surface area contributed by atoms with E-state index < -0.39 is 10.8 Å². The number of rotatable bonds is 2. The van der Waals surface area contributed by atoms with Crippen LogP contribution in [0.3, 0.4) is 0 Å². The number of hydrogen-bond acceptors (Lipinski definition) is 1. The van der Waals surface area contributed by atoms with Gasteiger partial charge in [-0.25, -0.2) is 0 Å². The molecule has 65 heavy (non-hydrogen) atoms. The second-order valence-corrected chi connectivity index (χ2v) is 18.2. The van der Waals surface area contributed by atoms with Crippen LogP contribution in [0.4, 0.5) is 0 Å². The van der Waals surface area contributed by atoms with Crippen molar-refractivity contribution in [3.63, 3.8) is 0 Å². The maximum absolute atomic E-state index is 7.00. The zero-order valence-electron chi connectivity index (χ0n) is 35.3. The van der Waals surface area contributed by atoms with Crippen molar-refractivity contribution in [3.8, 4) is 67.1 Å². The van der Waals surface area contributed by atoms with Gasteiger partial charge in [0, 0.05) is 11.1 Å². The monoisotopic (exact) mass is 822 g/mol. The second kappa shape index (κ2) is 12.7. The quantitative estimate of drug-likeness (QED) is 0.169. The molecule has 1 heterocycles. The summed E-state index contributed by atoms with van der Waals surface area (Å²) >= 11 is 0. The Hall–Kier alpha value is -8.26. The van der Waals surface area contributed by atoms with Gasteiger partial charge in [0.1, 0.15) is 11.5 Å². The molecule has 0 fully saturated rings. The Labute approximate surface area is 377 Å². The standard InChI is InChI=1S/C64H38O/c1-2-16-44-39(15-1)30-36-61-62(44)64(56-27-13-8-21-49(56)50-22-9-14-28-57(50)64)59-38-41(31-35-60(59)65-61)43-34-33-42(45-17-3-4-18-46(43)45)40-29-32-52-51-23-7-12-26-55(51)63(58(52)37-40)53-24-10-5-19-47(53)48-20-6-11-25-54(48)63/h1-38H. The van der Waals surface area contributed by atoms with E-state index in [4.69, 9.17) is 4.74 Å². The highest BCUT2D eigenvalue weighted by Gasteiger charge is 2.53. The van der Waals surface area contributed by atoms with Gasteiger partial charge in [0.25, 0.3) is 0 Å². The van der Waals surface area contributed by atoms with Crippen molar-refractivity contribution < 1.29 is 4.74 Å². The Morgan fingerprint density at radius 1 is 0.246 bits per heavy atom. The zero-order chi connectivity index (χ0) is 42.4. The lowest BCUT2D eigenvalue weighted by Crippen LogP contribution is -2.32. The van der Waals surface area contributed by atoms with Crippen LogP contribution in [0.15, 0.2) is 231 Å². The summed E-state index contributed by atoms with van der Waals surface area (Å²) in [5, 5.41) is 4.88. The molecular weight excluding hydrogens is 785 g/mol. The van der Waals surface area contributed by atoms with Crippen LogP contribution in [0.2, 0.25) is 0 Å². The van der Waals surface area contributed by atoms with Crippen molar-refractivity contribution in [1.29, 1.82) is 0 Å². The topological polar surface area (TPSA) is 9.23 Å². The summed E-state index contributed by atoms with van der Waals surface area (Å²) in [5.41, 5.74) is 22.1. The van der Waals surface area contributed by atoms with E-state index in [9.17, 15) is 0 Å². The molecule has 3 aliphatic carbocycles. The Balaban J connectivity index is 0.947. The lowest BCUT2D eigenvalue weighted by Gasteiger charge is -2.40. The Morgan fingerprint density at radius 2 is 0.631 bits per heavy atom. The predicted molar refractivity (Wildman–Crippen MR) is 266 cm³/mol. The van der Waals surface area contributed by atoms with Crippen LogP contribution >= 0.6 is 0 Å². The molecule has 11 aromatic carbocycles. The highest BCUT2D eigenvalue weighted by Crippen LogP contribution is 2.65. The molecule has 1 aliphatic heterocycles. The summed E-state index contributed by atoms with van der Waals surface area (Å²) < 4.78 is 7.00. The summed E-state index contributed by atoms with van der Waals surface area (Å²) in [7, 11) is 0. The van der Waals surface area contributed by atoms with E-state index in [-0.39, 0.29) is 0 Å². The summed E-state index contributed by atoms with van der Waals surface area (Å²) in [4.78, 5) is 0. The number of fused-ring (bicyclic) bond motifs is 22. The van der Waals surface area contributed by atoms with E-state index in [2.05, 4.69) is 231 Å². The molecule has 4 aliphatic rings. The molecule has 0 N–H and O–H groups in total. The van der Waals surface area contributed by atoms with Crippen LogP contribution < -0.4 is 4.74 Å². The third-order valence-corrected chi connectivity index (χ3v) is 15.4. The Kier molecular flexibility index (Phi) is 6.88. The summed E-state index contributed by atoms with van der Waals surface area (Å²) in [5.74, 6) is 1.81. The van der Waals surface area contributed by atoms with Gasteiger partial charge in [-0.05, 0) is 135 Å². The normalized spacial score (nSPS) is 14.5. The molecule has 0 unspecified atom stereocenters. The average molecular weight is 823 g/mol. The molecule has 11 aromatic rings. The summed E-state index contributed by atoms with van der Waals surface area (Å²) in [6, 6.07) is 86.2. The fourth-order valence-electron chi connectivity index (χ4n) is 12.9. The number of ether oxygens (including phenoxy) is 1. The highest BCUT2D eigenvalue weighted by molar-refractivity contribution is 6.06. The molecule has 2 spiro atoms. The first-order valence-corrected chi connectivity index (χ1v) is 22.7. The first-order chi connectivity index (χ1) is 32.2. The van der Waals surface area contributed by atoms with Crippen molar-refractivity contribution in [2.45, 2.75) is 10.8 Å². The highest BCUT2D eigenvalue weighted by atomic mass is 16.5. The lowest BCUT2D eigenvalue weighted by molar-refractivity contribution is 0.438. The number of hydrogen-bond donors (Lipinski definition) is 0. The van der Waals surface area contributed by atoms with Crippen molar-refractivity contribution in [3.05, 3.63) is 275 Å². The molecule has 0 amide bonds. The minimum absolute atomic E-state index is 0.395. The predicted octanol–water partition coefficient (Wildman–Crippen LogP) is 16.1.